The topological polar surface area (TPSA) is 9.23 Å². The molecule has 2 aromatic carbocycles. The van der Waals surface area contributed by atoms with E-state index in [0.717, 1.165) is 21.1 Å². The second-order valence-electron chi connectivity index (χ2n) is 5.05. The third-order valence-electron chi connectivity index (χ3n) is 3.38. The summed E-state index contributed by atoms with van der Waals surface area (Å²) in [5, 5.41) is 0.785. The summed E-state index contributed by atoms with van der Waals surface area (Å²) in [5.41, 5.74) is 6.31. The van der Waals surface area contributed by atoms with Crippen molar-refractivity contribution in [2.75, 3.05) is 0 Å². The van der Waals surface area contributed by atoms with E-state index in [1.807, 2.05) is 12.1 Å². The fourth-order valence-corrected chi connectivity index (χ4v) is 3.23. The molecule has 0 saturated carbocycles. The predicted octanol–water partition coefficient (Wildman–Crippen LogP) is 5.85. The highest BCUT2D eigenvalue weighted by molar-refractivity contribution is 9.10. The highest BCUT2D eigenvalue weighted by Crippen LogP contribution is 2.27. The number of alkyl halides is 1. The number of hydrogen-bond donors (Lipinski definition) is 0. The Morgan fingerprint density at radius 3 is 2.25 bits per heavy atom. The molecule has 0 amide bonds. The van der Waals surface area contributed by atoms with Crippen LogP contribution in [-0.4, -0.2) is 0 Å². The lowest BCUT2D eigenvalue weighted by atomic mass is 10.0. The monoisotopic (exact) mass is 396 g/mol. The van der Waals surface area contributed by atoms with Crippen LogP contribution in [0.15, 0.2) is 34.8 Å². The lowest BCUT2D eigenvalue weighted by Crippen LogP contribution is -2.02. The Kier molecular flexibility index (Phi) is 5.28. The van der Waals surface area contributed by atoms with E-state index < -0.39 is 0 Å². The zero-order valence-electron chi connectivity index (χ0n) is 12.0. The summed E-state index contributed by atoms with van der Waals surface area (Å²) >= 11 is 6.99. The second kappa shape index (κ2) is 6.77. The summed E-state index contributed by atoms with van der Waals surface area (Å²) in [6.45, 7) is 7.03. The van der Waals surface area contributed by atoms with Crippen molar-refractivity contribution in [1.29, 1.82) is 0 Å². The Hall–Kier alpha value is -0.800. The van der Waals surface area contributed by atoms with Crippen molar-refractivity contribution >= 4 is 31.9 Å². The molecule has 2 rings (SSSR count). The first kappa shape index (κ1) is 15.6. The summed E-state index contributed by atoms with van der Waals surface area (Å²) in [4.78, 5) is 0. The molecule has 0 spiro atoms. The molecule has 3 heteroatoms. The molecule has 2 aromatic rings. The van der Waals surface area contributed by atoms with Crippen LogP contribution in [0.2, 0.25) is 0 Å². The van der Waals surface area contributed by atoms with Crippen molar-refractivity contribution in [3.05, 3.63) is 62.6 Å². The van der Waals surface area contributed by atoms with E-state index >= 15 is 0 Å². The number of rotatable bonds is 4. The molecule has 106 valence electrons. The molecule has 20 heavy (non-hydrogen) atoms. The molecular formula is C17H18Br2O. The molecule has 1 nitrogen and oxygen atoms in total. The van der Waals surface area contributed by atoms with Gasteiger partial charge in [-0.15, -0.1) is 0 Å². The van der Waals surface area contributed by atoms with Crippen LogP contribution in [0.5, 0.6) is 5.75 Å². The lowest BCUT2D eigenvalue weighted by molar-refractivity contribution is 0.302. The van der Waals surface area contributed by atoms with E-state index in [1.54, 1.807) is 0 Å². The molecule has 0 bridgehead atoms. The first-order valence-corrected chi connectivity index (χ1v) is 8.46. The first-order valence-electron chi connectivity index (χ1n) is 6.55. The Bertz CT molecular complexity index is 597. The van der Waals surface area contributed by atoms with Crippen LogP contribution >= 0.6 is 31.9 Å². The number of hydrogen-bond acceptors (Lipinski definition) is 1. The van der Waals surface area contributed by atoms with Gasteiger partial charge in [-0.2, -0.15) is 0 Å². The van der Waals surface area contributed by atoms with Gasteiger partial charge in [-0.1, -0.05) is 49.6 Å². The maximum absolute atomic E-state index is 6.02. The van der Waals surface area contributed by atoms with E-state index in [4.69, 9.17) is 4.74 Å². The maximum Gasteiger partial charge on any atom is 0.123 e. The molecule has 0 aliphatic rings. The van der Waals surface area contributed by atoms with Gasteiger partial charge in [0.05, 0.1) is 0 Å². The fourth-order valence-electron chi connectivity index (χ4n) is 2.38. The summed E-state index contributed by atoms with van der Waals surface area (Å²) in [5.74, 6) is 0.935. The zero-order valence-corrected chi connectivity index (χ0v) is 15.1. The van der Waals surface area contributed by atoms with Crippen LogP contribution in [0.4, 0.5) is 0 Å². The number of aryl methyl sites for hydroxylation is 3. The van der Waals surface area contributed by atoms with E-state index in [9.17, 15) is 0 Å². The average Bonchev–Trinajstić information content (AvgIpc) is 2.38. The van der Waals surface area contributed by atoms with Crippen LogP contribution in [0.3, 0.4) is 0 Å². The summed E-state index contributed by atoms with van der Waals surface area (Å²) in [6.07, 6.45) is 0. The first-order chi connectivity index (χ1) is 9.51. The smallest absolute Gasteiger partial charge is 0.123 e. The standard InChI is InChI=1S/C17H18Br2O/c1-11-6-12(2)16(13(3)7-11)10-20-17-5-4-15(19)8-14(17)9-18/h4-8H,9-10H2,1-3H3. The van der Waals surface area contributed by atoms with Gasteiger partial charge in [0.15, 0.2) is 0 Å². The van der Waals surface area contributed by atoms with Gasteiger partial charge in [0.25, 0.3) is 0 Å². The van der Waals surface area contributed by atoms with Crippen LogP contribution in [0.1, 0.15) is 27.8 Å². The minimum absolute atomic E-state index is 0.611. The van der Waals surface area contributed by atoms with Gasteiger partial charge < -0.3 is 4.74 Å². The molecule has 0 N–H and O–H groups in total. The Labute approximate surface area is 137 Å². The molecule has 0 atom stereocenters. The highest BCUT2D eigenvalue weighted by Gasteiger charge is 2.07. The summed E-state index contributed by atoms with van der Waals surface area (Å²) in [7, 11) is 0. The Morgan fingerprint density at radius 1 is 1.00 bits per heavy atom. The van der Waals surface area contributed by atoms with E-state index in [1.165, 1.54) is 22.3 Å². The maximum atomic E-state index is 6.02. The number of benzene rings is 2. The van der Waals surface area contributed by atoms with Crippen molar-refractivity contribution in [1.82, 2.24) is 0 Å². The van der Waals surface area contributed by atoms with Gasteiger partial charge in [-0.3, -0.25) is 0 Å². The van der Waals surface area contributed by atoms with Crippen molar-refractivity contribution in [2.45, 2.75) is 32.7 Å². The van der Waals surface area contributed by atoms with Gasteiger partial charge in [-0.05, 0) is 55.7 Å². The largest absolute Gasteiger partial charge is 0.489 e. The van der Waals surface area contributed by atoms with Crippen molar-refractivity contribution in [3.8, 4) is 5.75 Å². The fraction of sp³-hybridized carbons (Fsp3) is 0.294. The second-order valence-corrected chi connectivity index (χ2v) is 6.53. The van der Waals surface area contributed by atoms with Crippen molar-refractivity contribution in [3.63, 3.8) is 0 Å². The predicted molar refractivity (Wildman–Crippen MR) is 91.8 cm³/mol. The average molecular weight is 398 g/mol. The number of ether oxygens (including phenoxy) is 1. The zero-order chi connectivity index (χ0) is 14.7. The van der Waals surface area contributed by atoms with Gasteiger partial charge >= 0.3 is 0 Å². The molecule has 0 unspecified atom stereocenters. The minimum Gasteiger partial charge on any atom is -0.489 e. The van der Waals surface area contributed by atoms with Crippen LogP contribution < -0.4 is 4.74 Å². The molecule has 0 radical (unpaired) electrons. The van der Waals surface area contributed by atoms with E-state index in [2.05, 4.69) is 70.8 Å². The highest BCUT2D eigenvalue weighted by atomic mass is 79.9. The molecule has 0 saturated heterocycles. The SMILES string of the molecule is Cc1cc(C)c(COc2ccc(Br)cc2CBr)c(C)c1. The van der Waals surface area contributed by atoms with Crippen molar-refractivity contribution < 1.29 is 4.74 Å². The van der Waals surface area contributed by atoms with Gasteiger partial charge in [0, 0.05) is 15.4 Å². The third kappa shape index (κ3) is 3.64. The molecule has 0 aliphatic heterocycles. The van der Waals surface area contributed by atoms with E-state index in [-0.39, 0.29) is 0 Å². The summed E-state index contributed by atoms with van der Waals surface area (Å²) in [6, 6.07) is 10.5. The molecule has 0 fully saturated rings. The number of halogens is 2. The van der Waals surface area contributed by atoms with Crippen molar-refractivity contribution in [2.24, 2.45) is 0 Å². The van der Waals surface area contributed by atoms with E-state index in [0.29, 0.717) is 6.61 Å². The van der Waals surface area contributed by atoms with Crippen LogP contribution in [0.25, 0.3) is 0 Å². The molecular weight excluding hydrogens is 380 g/mol. The van der Waals surface area contributed by atoms with Gasteiger partial charge in [0.2, 0.25) is 0 Å². The molecule has 0 heterocycles. The minimum atomic E-state index is 0.611. The quantitative estimate of drug-likeness (QED) is 0.588. The summed E-state index contributed by atoms with van der Waals surface area (Å²) < 4.78 is 7.09. The van der Waals surface area contributed by atoms with Crippen LogP contribution in [0, 0.1) is 20.8 Å². The molecule has 0 aromatic heterocycles. The van der Waals surface area contributed by atoms with Crippen LogP contribution in [-0.2, 0) is 11.9 Å². The Balaban J connectivity index is 2.21. The normalized spacial score (nSPS) is 10.7. The van der Waals surface area contributed by atoms with Gasteiger partial charge in [-0.25, -0.2) is 0 Å². The van der Waals surface area contributed by atoms with Gasteiger partial charge in [0.1, 0.15) is 12.4 Å². The Morgan fingerprint density at radius 2 is 1.65 bits per heavy atom. The lowest BCUT2D eigenvalue weighted by Gasteiger charge is -2.14. The third-order valence-corrected chi connectivity index (χ3v) is 4.48. The molecule has 0 aliphatic carbocycles.